The van der Waals surface area contributed by atoms with Gasteiger partial charge in [-0.15, -0.1) is 0 Å². The molecule has 4 unspecified atom stereocenters. The first-order valence-corrected chi connectivity index (χ1v) is 28.1. The van der Waals surface area contributed by atoms with Gasteiger partial charge in [-0.3, -0.25) is 0 Å². The smallest absolute Gasteiger partial charge is 0.00956 e. The van der Waals surface area contributed by atoms with Crippen molar-refractivity contribution in [3.05, 3.63) is 294 Å². The standard InChI is InChI=1S/C77H62/c1-50-48-60(42-44-62(50)51(2)75(59-40-36-56(37-41-59)54-19-7-4-8-20-54)49-61-43-45-73-67-23-11-9-21-65(67)70-27-14-26-64(61)76(70)73)57-32-30-52(31-33-57)16-13-25-63(58-38-34-55(35-39-58)53-17-5-3-6-18-53)69-46-47-74-68-24-12-10-22-66(68)71-28-15-29-72(69)77(71)74/h3-12,14-15,17-24,26-47,50-51,63,75H,13,16,25,48-49H2,1-2H3. The van der Waals surface area contributed by atoms with Crippen LogP contribution in [-0.4, -0.2) is 0 Å². The molecule has 3 aliphatic rings. The van der Waals surface area contributed by atoms with Crippen LogP contribution in [0.25, 0.3) is 93.9 Å². The van der Waals surface area contributed by atoms with E-state index in [2.05, 4.69) is 269 Å². The van der Waals surface area contributed by atoms with Crippen LogP contribution in [0.3, 0.4) is 0 Å². The molecule has 0 nitrogen and oxygen atoms in total. The maximum Gasteiger partial charge on any atom is 0.00956 e. The van der Waals surface area contributed by atoms with Crippen molar-refractivity contribution >= 4 is 27.1 Å². The lowest BCUT2D eigenvalue weighted by Crippen LogP contribution is -2.20. The molecule has 3 aliphatic carbocycles. The minimum atomic E-state index is 0.276. The van der Waals surface area contributed by atoms with Crippen molar-refractivity contribution < 1.29 is 0 Å². The molecule has 370 valence electrons. The summed E-state index contributed by atoms with van der Waals surface area (Å²) >= 11 is 0. The van der Waals surface area contributed by atoms with Crippen molar-refractivity contribution in [2.45, 2.75) is 57.8 Å². The third kappa shape index (κ3) is 8.48. The molecule has 0 amide bonds. The normalized spacial score (nSPS) is 15.2. The third-order valence-electron chi connectivity index (χ3n) is 17.9. The quantitative estimate of drug-likeness (QED) is 0.102. The van der Waals surface area contributed by atoms with Gasteiger partial charge in [0.2, 0.25) is 0 Å². The zero-order valence-corrected chi connectivity index (χ0v) is 44.1. The molecule has 0 bridgehead atoms. The van der Waals surface area contributed by atoms with Crippen LogP contribution >= 0.6 is 0 Å². The molecule has 0 aliphatic heterocycles. The van der Waals surface area contributed by atoms with Crippen LogP contribution in [0.15, 0.2) is 260 Å². The van der Waals surface area contributed by atoms with Gasteiger partial charge >= 0.3 is 0 Å². The molecular formula is C77H62. The van der Waals surface area contributed by atoms with Crippen LogP contribution in [0.2, 0.25) is 0 Å². The van der Waals surface area contributed by atoms with E-state index in [1.165, 1.54) is 127 Å². The highest BCUT2D eigenvalue weighted by Gasteiger charge is 2.31. The molecule has 11 aromatic rings. The number of fused-ring (bicyclic) bond motifs is 6. The lowest BCUT2D eigenvalue weighted by molar-refractivity contribution is 0.466. The zero-order valence-electron chi connectivity index (χ0n) is 44.1. The molecule has 14 rings (SSSR count). The van der Waals surface area contributed by atoms with Gasteiger partial charge in [0.15, 0.2) is 0 Å². The fraction of sp³-hybridized carbons (Fsp3) is 0.143. The molecule has 0 saturated heterocycles. The first-order chi connectivity index (χ1) is 38.0. The summed E-state index contributed by atoms with van der Waals surface area (Å²) in [6, 6.07) is 91.4. The molecule has 0 N–H and O–H groups in total. The Morgan fingerprint density at radius 1 is 0.403 bits per heavy atom. The van der Waals surface area contributed by atoms with Crippen molar-refractivity contribution in [3.8, 4) is 66.8 Å². The fourth-order valence-electron chi connectivity index (χ4n) is 13.9. The van der Waals surface area contributed by atoms with E-state index in [9.17, 15) is 0 Å². The van der Waals surface area contributed by atoms with Crippen LogP contribution in [-0.2, 0) is 12.8 Å². The van der Waals surface area contributed by atoms with Crippen LogP contribution in [0.5, 0.6) is 0 Å². The van der Waals surface area contributed by atoms with E-state index in [1.807, 2.05) is 0 Å². The lowest BCUT2D eigenvalue weighted by atomic mass is 9.72. The largest absolute Gasteiger partial charge is 0.0636 e. The van der Waals surface area contributed by atoms with Gasteiger partial charge in [-0.05, 0) is 177 Å². The monoisotopic (exact) mass is 986 g/mol. The second-order valence-corrected chi connectivity index (χ2v) is 22.2. The van der Waals surface area contributed by atoms with Crippen LogP contribution in [0.1, 0.15) is 78.3 Å². The molecule has 0 heterocycles. The van der Waals surface area contributed by atoms with E-state index in [0.29, 0.717) is 17.8 Å². The van der Waals surface area contributed by atoms with E-state index < -0.39 is 0 Å². The van der Waals surface area contributed by atoms with E-state index in [0.717, 1.165) is 32.1 Å². The topological polar surface area (TPSA) is 0 Å². The lowest BCUT2D eigenvalue weighted by Gasteiger charge is -2.33. The summed E-state index contributed by atoms with van der Waals surface area (Å²) in [6.45, 7) is 4.96. The Kier molecular flexibility index (Phi) is 12.1. The highest BCUT2D eigenvalue weighted by molar-refractivity contribution is 6.17. The van der Waals surface area contributed by atoms with Crippen molar-refractivity contribution in [1.29, 1.82) is 0 Å². The Bertz CT molecular complexity index is 4000. The number of rotatable bonds is 14. The molecule has 0 aromatic heterocycles. The van der Waals surface area contributed by atoms with Crippen molar-refractivity contribution in [3.63, 3.8) is 0 Å². The first-order valence-electron chi connectivity index (χ1n) is 28.1. The number of allylic oxidation sites excluding steroid dienone is 4. The van der Waals surface area contributed by atoms with Crippen LogP contribution in [0.4, 0.5) is 0 Å². The summed E-state index contributed by atoms with van der Waals surface area (Å²) in [4.78, 5) is 0. The highest BCUT2D eigenvalue weighted by Crippen LogP contribution is 2.51. The summed E-state index contributed by atoms with van der Waals surface area (Å²) in [5.41, 5.74) is 27.3. The molecule has 0 spiro atoms. The molecule has 0 heteroatoms. The minimum Gasteiger partial charge on any atom is -0.0636 e. The first kappa shape index (κ1) is 46.9. The molecule has 77 heavy (non-hydrogen) atoms. The molecule has 11 aromatic carbocycles. The summed E-state index contributed by atoms with van der Waals surface area (Å²) in [6.07, 6.45) is 10.2. The van der Waals surface area contributed by atoms with Crippen molar-refractivity contribution in [2.24, 2.45) is 11.8 Å². The van der Waals surface area contributed by atoms with Gasteiger partial charge in [0.05, 0.1) is 0 Å². The Labute approximate surface area is 454 Å². The van der Waals surface area contributed by atoms with Crippen LogP contribution in [0, 0.1) is 11.8 Å². The summed E-state index contributed by atoms with van der Waals surface area (Å²) in [5.74, 6) is 1.36. The summed E-state index contributed by atoms with van der Waals surface area (Å²) < 4.78 is 0. The van der Waals surface area contributed by atoms with Gasteiger partial charge in [0.1, 0.15) is 0 Å². The molecule has 4 atom stereocenters. The molecule has 0 fully saturated rings. The average Bonchev–Trinajstić information content (AvgIpc) is 4.07. The van der Waals surface area contributed by atoms with E-state index in [4.69, 9.17) is 0 Å². The van der Waals surface area contributed by atoms with Gasteiger partial charge in [-0.25, -0.2) is 0 Å². The van der Waals surface area contributed by atoms with Crippen molar-refractivity contribution in [2.75, 3.05) is 0 Å². The Morgan fingerprint density at radius 2 is 0.883 bits per heavy atom. The number of benzene rings is 11. The Morgan fingerprint density at radius 3 is 1.47 bits per heavy atom. The number of aryl methyl sites for hydroxylation is 1. The highest BCUT2D eigenvalue weighted by atomic mass is 14.3. The van der Waals surface area contributed by atoms with Gasteiger partial charge in [-0.2, -0.15) is 0 Å². The summed E-state index contributed by atoms with van der Waals surface area (Å²) in [7, 11) is 0. The molecule has 0 saturated carbocycles. The predicted octanol–water partition coefficient (Wildman–Crippen LogP) is 20.8. The van der Waals surface area contributed by atoms with Gasteiger partial charge in [-0.1, -0.05) is 274 Å². The van der Waals surface area contributed by atoms with Gasteiger partial charge < -0.3 is 0 Å². The van der Waals surface area contributed by atoms with E-state index in [-0.39, 0.29) is 5.92 Å². The Hall–Kier alpha value is -8.58. The van der Waals surface area contributed by atoms with E-state index >= 15 is 0 Å². The minimum absolute atomic E-state index is 0.276. The van der Waals surface area contributed by atoms with E-state index in [1.54, 1.807) is 5.57 Å². The average molecular weight is 987 g/mol. The maximum atomic E-state index is 2.50. The van der Waals surface area contributed by atoms with Crippen molar-refractivity contribution in [1.82, 2.24) is 0 Å². The van der Waals surface area contributed by atoms with Gasteiger partial charge in [0.25, 0.3) is 0 Å². The van der Waals surface area contributed by atoms with Crippen LogP contribution < -0.4 is 0 Å². The third-order valence-corrected chi connectivity index (χ3v) is 17.9. The SMILES string of the molecule is CC1CC(c2ccc(CCCC(c3ccc(-c4ccccc4)cc3)c3ccc4c5c(cccc35)-c3ccccc3-4)cc2)=CC=C1C(C)C(Cc1ccc2c3c(cccc13)-c1ccccc1-2)c1ccc(-c2ccccc2)cc1. The van der Waals surface area contributed by atoms with Gasteiger partial charge in [0, 0.05) is 5.92 Å². The molecular weight excluding hydrogens is 925 g/mol. The summed E-state index contributed by atoms with van der Waals surface area (Å²) in [5, 5.41) is 5.60. The Balaban J connectivity index is 0.722. The number of hydrogen-bond donors (Lipinski definition) is 0. The predicted molar refractivity (Wildman–Crippen MR) is 327 cm³/mol. The fourth-order valence-corrected chi connectivity index (χ4v) is 13.9. The molecule has 0 radical (unpaired) electrons. The zero-order chi connectivity index (χ0) is 51.4. The number of hydrogen-bond acceptors (Lipinski definition) is 0. The second-order valence-electron chi connectivity index (χ2n) is 22.2. The maximum absolute atomic E-state index is 2.50. The second kappa shape index (κ2) is 19.8.